The summed E-state index contributed by atoms with van der Waals surface area (Å²) in [6.07, 6.45) is 5.89. The van der Waals surface area contributed by atoms with Gasteiger partial charge in [0, 0.05) is 10.9 Å². The molecule has 2 rings (SSSR count). The highest BCUT2D eigenvalue weighted by Gasteiger charge is 2.37. The summed E-state index contributed by atoms with van der Waals surface area (Å²) in [4.78, 5) is 0. The van der Waals surface area contributed by atoms with Gasteiger partial charge in [-0.1, -0.05) is 48.2 Å². The Morgan fingerprint density at radius 1 is 1.44 bits per heavy atom. The van der Waals surface area contributed by atoms with E-state index in [9.17, 15) is 9.50 Å². The lowest BCUT2D eigenvalue weighted by Crippen LogP contribution is -2.42. The molecule has 2 unspecified atom stereocenters. The minimum absolute atomic E-state index is 0.242. The molecule has 18 heavy (non-hydrogen) atoms. The Morgan fingerprint density at radius 3 is 2.89 bits per heavy atom. The van der Waals surface area contributed by atoms with Gasteiger partial charge in [-0.3, -0.25) is 0 Å². The molecule has 1 aliphatic rings. The van der Waals surface area contributed by atoms with Crippen molar-refractivity contribution in [3.05, 3.63) is 34.1 Å². The second kappa shape index (κ2) is 5.70. The molecular weight excluding hydrogens is 295 g/mol. The molecular formula is C15H20BrFO. The molecule has 0 aliphatic heterocycles. The van der Waals surface area contributed by atoms with Gasteiger partial charge in [0.25, 0.3) is 0 Å². The highest BCUT2D eigenvalue weighted by Crippen LogP contribution is 2.39. The molecule has 1 nitrogen and oxygen atoms in total. The maximum atomic E-state index is 13.1. The van der Waals surface area contributed by atoms with E-state index in [0.717, 1.165) is 35.7 Å². The Hall–Kier alpha value is -0.410. The predicted molar refractivity (Wildman–Crippen MR) is 75.0 cm³/mol. The minimum atomic E-state index is -0.618. The van der Waals surface area contributed by atoms with Crippen LogP contribution in [0, 0.1) is 11.7 Å². The molecule has 1 aliphatic carbocycles. The number of halogens is 2. The maximum Gasteiger partial charge on any atom is 0.124 e. The van der Waals surface area contributed by atoms with E-state index in [1.165, 1.54) is 18.6 Å². The molecule has 2 atom stereocenters. The largest absolute Gasteiger partial charge is 0.389 e. The molecule has 0 saturated heterocycles. The van der Waals surface area contributed by atoms with Gasteiger partial charge in [-0.25, -0.2) is 4.39 Å². The van der Waals surface area contributed by atoms with E-state index in [0.29, 0.717) is 12.3 Å². The Kier molecular flexibility index (Phi) is 4.44. The summed E-state index contributed by atoms with van der Waals surface area (Å²) in [6.45, 7) is 2.14. The molecule has 1 saturated carbocycles. The van der Waals surface area contributed by atoms with Gasteiger partial charge in [0.2, 0.25) is 0 Å². The third kappa shape index (κ3) is 2.94. The van der Waals surface area contributed by atoms with Crippen molar-refractivity contribution in [1.82, 2.24) is 0 Å². The second-order valence-electron chi connectivity index (χ2n) is 5.37. The first-order valence-electron chi connectivity index (χ1n) is 6.71. The lowest BCUT2D eigenvalue weighted by molar-refractivity contribution is -0.0492. The van der Waals surface area contributed by atoms with Crippen LogP contribution in [0.15, 0.2) is 22.7 Å². The minimum Gasteiger partial charge on any atom is -0.389 e. The zero-order valence-corrected chi connectivity index (χ0v) is 12.3. The summed E-state index contributed by atoms with van der Waals surface area (Å²) in [5.74, 6) is 0.122. The van der Waals surface area contributed by atoms with E-state index < -0.39 is 5.60 Å². The van der Waals surface area contributed by atoms with Crippen LogP contribution in [0.25, 0.3) is 0 Å². The summed E-state index contributed by atoms with van der Waals surface area (Å²) >= 11 is 3.39. The van der Waals surface area contributed by atoms with Crippen LogP contribution >= 0.6 is 15.9 Å². The van der Waals surface area contributed by atoms with Gasteiger partial charge in [0.15, 0.2) is 0 Å². The Labute approximate surface area is 117 Å². The van der Waals surface area contributed by atoms with Crippen molar-refractivity contribution < 1.29 is 9.50 Å². The molecule has 0 bridgehead atoms. The standard InChI is InChI=1S/C15H20BrFO/c1-2-12-5-3-4-8-15(12,18)10-11-6-7-13(17)9-14(11)16/h6-7,9,12,18H,2-5,8,10H2,1H3. The number of aliphatic hydroxyl groups is 1. The van der Waals surface area contributed by atoms with Gasteiger partial charge in [-0.05, 0) is 36.5 Å². The second-order valence-corrected chi connectivity index (χ2v) is 6.22. The zero-order chi connectivity index (χ0) is 13.2. The SMILES string of the molecule is CCC1CCCCC1(O)Cc1ccc(F)cc1Br. The highest BCUT2D eigenvalue weighted by atomic mass is 79.9. The van der Waals surface area contributed by atoms with Gasteiger partial charge in [0.05, 0.1) is 5.60 Å². The normalized spacial score (nSPS) is 28.3. The number of rotatable bonds is 3. The van der Waals surface area contributed by atoms with Crippen molar-refractivity contribution in [3.63, 3.8) is 0 Å². The smallest absolute Gasteiger partial charge is 0.124 e. The van der Waals surface area contributed by atoms with E-state index in [2.05, 4.69) is 22.9 Å². The van der Waals surface area contributed by atoms with Crippen molar-refractivity contribution in [2.75, 3.05) is 0 Å². The average molecular weight is 315 g/mol. The third-order valence-corrected chi connectivity index (χ3v) is 4.91. The van der Waals surface area contributed by atoms with Gasteiger partial charge < -0.3 is 5.11 Å². The molecule has 1 aromatic rings. The van der Waals surface area contributed by atoms with Gasteiger partial charge in [0.1, 0.15) is 5.82 Å². The monoisotopic (exact) mass is 314 g/mol. The van der Waals surface area contributed by atoms with Gasteiger partial charge in [-0.15, -0.1) is 0 Å². The first-order valence-corrected chi connectivity index (χ1v) is 7.51. The fourth-order valence-corrected chi connectivity index (χ4v) is 3.60. The summed E-state index contributed by atoms with van der Waals surface area (Å²) in [5, 5.41) is 10.9. The van der Waals surface area contributed by atoms with Crippen LogP contribution in [0.5, 0.6) is 0 Å². The highest BCUT2D eigenvalue weighted by molar-refractivity contribution is 9.10. The van der Waals surface area contributed by atoms with Crippen LogP contribution in [0.4, 0.5) is 4.39 Å². The van der Waals surface area contributed by atoms with Crippen LogP contribution in [-0.2, 0) is 6.42 Å². The molecule has 3 heteroatoms. The molecule has 1 fully saturated rings. The predicted octanol–water partition coefficient (Wildman–Crippen LogP) is 4.46. The van der Waals surface area contributed by atoms with Crippen molar-refractivity contribution >= 4 is 15.9 Å². The van der Waals surface area contributed by atoms with Crippen molar-refractivity contribution in [1.29, 1.82) is 0 Å². The fraction of sp³-hybridized carbons (Fsp3) is 0.600. The molecule has 100 valence electrons. The van der Waals surface area contributed by atoms with E-state index in [4.69, 9.17) is 0 Å². The quantitative estimate of drug-likeness (QED) is 0.873. The Balaban J connectivity index is 2.20. The van der Waals surface area contributed by atoms with Crippen LogP contribution in [0.3, 0.4) is 0 Å². The molecule has 0 aromatic heterocycles. The first kappa shape index (κ1) is 14.0. The van der Waals surface area contributed by atoms with E-state index in [1.54, 1.807) is 6.07 Å². The molecule has 1 aromatic carbocycles. The van der Waals surface area contributed by atoms with Crippen LogP contribution < -0.4 is 0 Å². The van der Waals surface area contributed by atoms with Crippen molar-refractivity contribution in [2.24, 2.45) is 5.92 Å². The Morgan fingerprint density at radius 2 is 2.22 bits per heavy atom. The van der Waals surface area contributed by atoms with Crippen molar-refractivity contribution in [2.45, 2.75) is 51.0 Å². The summed E-state index contributed by atoms with van der Waals surface area (Å²) < 4.78 is 13.8. The average Bonchev–Trinajstić information content (AvgIpc) is 2.33. The summed E-state index contributed by atoms with van der Waals surface area (Å²) in [5.41, 5.74) is 0.382. The number of hydrogen-bond donors (Lipinski definition) is 1. The summed E-state index contributed by atoms with van der Waals surface area (Å²) in [7, 11) is 0. The number of benzene rings is 1. The molecule has 0 spiro atoms. The maximum absolute atomic E-state index is 13.1. The van der Waals surface area contributed by atoms with Crippen LogP contribution in [0.2, 0.25) is 0 Å². The van der Waals surface area contributed by atoms with Crippen LogP contribution in [-0.4, -0.2) is 10.7 Å². The molecule has 1 N–H and O–H groups in total. The third-order valence-electron chi connectivity index (χ3n) is 4.18. The molecule has 0 heterocycles. The zero-order valence-electron chi connectivity index (χ0n) is 10.8. The number of hydrogen-bond acceptors (Lipinski definition) is 1. The molecule has 0 amide bonds. The van der Waals surface area contributed by atoms with Crippen molar-refractivity contribution in [3.8, 4) is 0 Å². The molecule has 0 radical (unpaired) electrons. The van der Waals surface area contributed by atoms with E-state index >= 15 is 0 Å². The van der Waals surface area contributed by atoms with E-state index in [1.807, 2.05) is 0 Å². The van der Waals surface area contributed by atoms with Crippen LogP contribution in [0.1, 0.15) is 44.6 Å². The summed E-state index contributed by atoms with van der Waals surface area (Å²) in [6, 6.07) is 4.72. The topological polar surface area (TPSA) is 20.2 Å². The Bertz CT molecular complexity index is 421. The van der Waals surface area contributed by atoms with E-state index in [-0.39, 0.29) is 5.82 Å². The van der Waals surface area contributed by atoms with Gasteiger partial charge in [-0.2, -0.15) is 0 Å². The lowest BCUT2D eigenvalue weighted by atomic mass is 9.71. The van der Waals surface area contributed by atoms with Gasteiger partial charge >= 0.3 is 0 Å². The first-order chi connectivity index (χ1) is 8.55. The fourth-order valence-electron chi connectivity index (χ4n) is 3.11. The lowest BCUT2D eigenvalue weighted by Gasteiger charge is -2.40.